The van der Waals surface area contributed by atoms with Gasteiger partial charge in [0.25, 0.3) is 0 Å². The molecule has 19 heavy (non-hydrogen) atoms. The lowest BCUT2D eigenvalue weighted by Gasteiger charge is -2.24. The predicted octanol–water partition coefficient (Wildman–Crippen LogP) is 4.06. The minimum Gasteiger partial charge on any atom is -0.508 e. The van der Waals surface area contributed by atoms with E-state index in [1.54, 1.807) is 0 Å². The van der Waals surface area contributed by atoms with Gasteiger partial charge < -0.3 is 10.2 Å². The Kier molecular flexibility index (Phi) is 4.87. The number of aliphatic hydroxyl groups is 1. The fraction of sp³-hybridized carbons (Fsp3) is 0.647. The summed E-state index contributed by atoms with van der Waals surface area (Å²) >= 11 is 0. The molecule has 0 amide bonds. The smallest absolute Gasteiger partial charge is 0.119 e. The van der Waals surface area contributed by atoms with Crippen molar-refractivity contribution in [2.24, 2.45) is 0 Å². The third-order valence-corrected chi connectivity index (χ3v) is 4.46. The topological polar surface area (TPSA) is 40.5 Å². The molecule has 0 heterocycles. The zero-order valence-electron chi connectivity index (χ0n) is 12.2. The van der Waals surface area contributed by atoms with E-state index in [1.807, 2.05) is 19.9 Å². The van der Waals surface area contributed by atoms with Crippen molar-refractivity contribution in [1.29, 1.82) is 0 Å². The van der Waals surface area contributed by atoms with Crippen molar-refractivity contribution in [1.82, 2.24) is 0 Å². The molecule has 0 spiro atoms. The normalized spacial score (nSPS) is 18.5. The van der Waals surface area contributed by atoms with Crippen molar-refractivity contribution in [3.05, 3.63) is 28.8 Å². The Balaban J connectivity index is 2.24. The van der Waals surface area contributed by atoms with Crippen LogP contribution in [-0.4, -0.2) is 16.3 Å². The molecule has 1 aromatic carbocycles. The third-order valence-electron chi connectivity index (χ3n) is 4.46. The average molecular weight is 262 g/mol. The molecule has 2 rings (SSSR count). The summed E-state index contributed by atoms with van der Waals surface area (Å²) in [5.41, 5.74) is 3.38. The Labute approximate surface area is 116 Å². The van der Waals surface area contributed by atoms with Gasteiger partial charge in [0.05, 0.1) is 6.10 Å². The van der Waals surface area contributed by atoms with Gasteiger partial charge in [-0.25, -0.2) is 0 Å². The fourth-order valence-electron chi connectivity index (χ4n) is 3.12. The number of rotatable bonds is 4. The van der Waals surface area contributed by atoms with Crippen LogP contribution in [0.1, 0.15) is 68.1 Å². The van der Waals surface area contributed by atoms with Gasteiger partial charge in [-0.2, -0.15) is 0 Å². The third kappa shape index (κ3) is 3.50. The minimum absolute atomic E-state index is 0.276. The van der Waals surface area contributed by atoms with Crippen LogP contribution in [0.3, 0.4) is 0 Å². The molecular formula is C17H26O2. The van der Waals surface area contributed by atoms with E-state index in [0.717, 1.165) is 17.5 Å². The highest BCUT2D eigenvalue weighted by atomic mass is 16.3. The van der Waals surface area contributed by atoms with E-state index < -0.39 is 0 Å². The van der Waals surface area contributed by atoms with Crippen LogP contribution in [0.25, 0.3) is 0 Å². The van der Waals surface area contributed by atoms with Gasteiger partial charge in [-0.15, -0.1) is 0 Å². The summed E-state index contributed by atoms with van der Waals surface area (Å²) in [6.45, 7) is 4.02. The lowest BCUT2D eigenvalue weighted by molar-refractivity contribution is 0.170. The van der Waals surface area contributed by atoms with Gasteiger partial charge in [-0.3, -0.25) is 0 Å². The molecule has 2 N–H and O–H groups in total. The maximum Gasteiger partial charge on any atom is 0.119 e. The summed E-state index contributed by atoms with van der Waals surface area (Å²) in [6.07, 6.45) is 7.43. The van der Waals surface area contributed by atoms with Crippen molar-refractivity contribution in [2.45, 2.75) is 70.8 Å². The standard InChI is InChI=1S/C17H26O2/c1-3-15(18)10-14-11-16(17(19)9-12(14)2)13-7-5-4-6-8-13/h9,11,13,15,18-19H,3-8,10H2,1-2H3. The molecule has 0 radical (unpaired) electrons. The second-order valence-electron chi connectivity index (χ2n) is 5.94. The van der Waals surface area contributed by atoms with Gasteiger partial charge in [-0.05, 0) is 61.3 Å². The van der Waals surface area contributed by atoms with Crippen molar-refractivity contribution < 1.29 is 10.2 Å². The largest absolute Gasteiger partial charge is 0.508 e. The Morgan fingerprint density at radius 3 is 2.53 bits per heavy atom. The first-order chi connectivity index (χ1) is 9.11. The number of hydrogen-bond acceptors (Lipinski definition) is 2. The maximum absolute atomic E-state index is 10.2. The Morgan fingerprint density at radius 2 is 1.89 bits per heavy atom. The first-order valence-corrected chi connectivity index (χ1v) is 7.62. The number of phenolic OH excluding ortho intramolecular Hbond substituents is 1. The predicted molar refractivity (Wildman–Crippen MR) is 78.7 cm³/mol. The van der Waals surface area contributed by atoms with Crippen LogP contribution in [0.4, 0.5) is 0 Å². The van der Waals surface area contributed by atoms with Crippen LogP contribution in [0, 0.1) is 6.92 Å². The molecule has 0 aliphatic heterocycles. The number of benzene rings is 1. The highest BCUT2D eigenvalue weighted by Gasteiger charge is 2.20. The van der Waals surface area contributed by atoms with Crippen molar-refractivity contribution in [3.63, 3.8) is 0 Å². The Bertz CT molecular complexity index is 420. The lowest BCUT2D eigenvalue weighted by Crippen LogP contribution is -2.11. The van der Waals surface area contributed by atoms with Crippen LogP contribution in [-0.2, 0) is 6.42 Å². The maximum atomic E-state index is 10.2. The number of aromatic hydroxyl groups is 1. The van der Waals surface area contributed by atoms with Crippen LogP contribution < -0.4 is 0 Å². The molecule has 1 aliphatic carbocycles. The van der Waals surface area contributed by atoms with Crippen LogP contribution in [0.2, 0.25) is 0 Å². The van der Waals surface area contributed by atoms with Crippen molar-refractivity contribution in [2.75, 3.05) is 0 Å². The SMILES string of the molecule is CCC(O)Cc1cc(C2CCCCC2)c(O)cc1C. The van der Waals surface area contributed by atoms with E-state index in [9.17, 15) is 10.2 Å². The minimum atomic E-state index is -0.276. The molecule has 1 atom stereocenters. The Hall–Kier alpha value is -1.02. The zero-order valence-corrected chi connectivity index (χ0v) is 12.2. The quantitative estimate of drug-likeness (QED) is 0.859. The highest BCUT2D eigenvalue weighted by molar-refractivity contribution is 5.43. The summed E-state index contributed by atoms with van der Waals surface area (Å²) in [7, 11) is 0. The molecule has 0 aromatic heterocycles. The summed E-state index contributed by atoms with van der Waals surface area (Å²) in [6, 6.07) is 4.02. The molecule has 2 nitrogen and oxygen atoms in total. The van der Waals surface area contributed by atoms with Gasteiger partial charge in [0.2, 0.25) is 0 Å². The average Bonchev–Trinajstić information content (AvgIpc) is 2.42. The summed E-state index contributed by atoms with van der Waals surface area (Å²) in [5.74, 6) is 0.950. The van der Waals surface area contributed by atoms with Crippen LogP contribution in [0.5, 0.6) is 5.75 Å². The van der Waals surface area contributed by atoms with E-state index in [4.69, 9.17) is 0 Å². The van der Waals surface area contributed by atoms with E-state index >= 15 is 0 Å². The number of aliphatic hydroxyl groups excluding tert-OH is 1. The van der Waals surface area contributed by atoms with Gasteiger partial charge in [0.15, 0.2) is 0 Å². The zero-order chi connectivity index (χ0) is 13.8. The number of hydrogen-bond donors (Lipinski definition) is 2. The van der Waals surface area contributed by atoms with Crippen LogP contribution in [0.15, 0.2) is 12.1 Å². The monoisotopic (exact) mass is 262 g/mol. The van der Waals surface area contributed by atoms with Gasteiger partial charge >= 0.3 is 0 Å². The van der Waals surface area contributed by atoms with E-state index in [0.29, 0.717) is 18.1 Å². The Morgan fingerprint density at radius 1 is 1.21 bits per heavy atom. The van der Waals surface area contributed by atoms with E-state index in [1.165, 1.54) is 37.7 Å². The number of aryl methyl sites for hydroxylation is 1. The first-order valence-electron chi connectivity index (χ1n) is 7.62. The van der Waals surface area contributed by atoms with Gasteiger partial charge in [0, 0.05) is 0 Å². The fourth-order valence-corrected chi connectivity index (χ4v) is 3.12. The summed E-state index contributed by atoms with van der Waals surface area (Å²) in [5, 5.41) is 20.0. The molecule has 0 bridgehead atoms. The molecule has 1 unspecified atom stereocenters. The van der Waals surface area contributed by atoms with E-state index in [-0.39, 0.29) is 6.10 Å². The molecule has 0 saturated heterocycles. The lowest BCUT2D eigenvalue weighted by atomic mass is 9.82. The second kappa shape index (κ2) is 6.42. The van der Waals surface area contributed by atoms with E-state index in [2.05, 4.69) is 6.07 Å². The summed E-state index contributed by atoms with van der Waals surface area (Å²) < 4.78 is 0. The second-order valence-corrected chi connectivity index (χ2v) is 5.94. The van der Waals surface area contributed by atoms with Crippen molar-refractivity contribution in [3.8, 4) is 5.75 Å². The molecule has 1 saturated carbocycles. The summed E-state index contributed by atoms with van der Waals surface area (Å²) in [4.78, 5) is 0. The molecule has 1 aliphatic rings. The van der Waals surface area contributed by atoms with Crippen LogP contribution >= 0.6 is 0 Å². The highest BCUT2D eigenvalue weighted by Crippen LogP contribution is 2.38. The number of phenols is 1. The molecule has 2 heteroatoms. The first kappa shape index (κ1) is 14.4. The molecule has 106 valence electrons. The van der Waals surface area contributed by atoms with Crippen molar-refractivity contribution >= 4 is 0 Å². The molecule has 1 fully saturated rings. The van der Waals surface area contributed by atoms with Gasteiger partial charge in [0.1, 0.15) is 5.75 Å². The molecular weight excluding hydrogens is 236 g/mol. The van der Waals surface area contributed by atoms with Gasteiger partial charge in [-0.1, -0.05) is 32.3 Å². The molecule has 1 aromatic rings.